The second-order valence-corrected chi connectivity index (χ2v) is 8.29. The van der Waals surface area contributed by atoms with Crippen molar-refractivity contribution in [2.75, 3.05) is 50.1 Å². The second kappa shape index (κ2) is 10.6. The normalized spacial score (nSPS) is 14.0. The van der Waals surface area contributed by atoms with Gasteiger partial charge in [0.1, 0.15) is 17.4 Å². The molecule has 4 rings (SSSR count). The highest BCUT2D eigenvalue weighted by Crippen LogP contribution is 2.27. The SMILES string of the molecule is CCSc1nc(N2CCOCC2)c2cnn(CCNC(=O)COc3ccc(F)cc3)c2n1. The van der Waals surface area contributed by atoms with Crippen molar-refractivity contribution in [2.24, 2.45) is 0 Å². The predicted molar refractivity (Wildman–Crippen MR) is 120 cm³/mol. The Morgan fingerprint density at radius 1 is 1.25 bits per heavy atom. The van der Waals surface area contributed by atoms with Gasteiger partial charge < -0.3 is 19.7 Å². The molecule has 32 heavy (non-hydrogen) atoms. The van der Waals surface area contributed by atoms with E-state index in [9.17, 15) is 9.18 Å². The number of nitrogens with one attached hydrogen (secondary N) is 1. The third kappa shape index (κ3) is 5.46. The molecule has 0 saturated carbocycles. The highest BCUT2D eigenvalue weighted by molar-refractivity contribution is 7.99. The molecule has 9 nitrogen and oxygen atoms in total. The van der Waals surface area contributed by atoms with E-state index in [0.29, 0.717) is 37.2 Å². The molecule has 0 spiro atoms. The first-order valence-corrected chi connectivity index (χ1v) is 11.5. The van der Waals surface area contributed by atoms with E-state index in [1.807, 2.05) is 0 Å². The van der Waals surface area contributed by atoms with Crippen LogP contribution in [-0.2, 0) is 16.1 Å². The lowest BCUT2D eigenvalue weighted by molar-refractivity contribution is -0.123. The maximum atomic E-state index is 12.9. The highest BCUT2D eigenvalue weighted by atomic mass is 32.2. The molecule has 0 radical (unpaired) electrons. The molecule has 170 valence electrons. The third-order valence-electron chi connectivity index (χ3n) is 4.87. The summed E-state index contributed by atoms with van der Waals surface area (Å²) < 4.78 is 25.5. The summed E-state index contributed by atoms with van der Waals surface area (Å²) in [4.78, 5) is 23.7. The van der Waals surface area contributed by atoms with E-state index in [-0.39, 0.29) is 18.3 Å². The average Bonchev–Trinajstić information content (AvgIpc) is 3.22. The predicted octanol–water partition coefficient (Wildman–Crippen LogP) is 2.11. The van der Waals surface area contributed by atoms with Crippen LogP contribution >= 0.6 is 11.8 Å². The van der Waals surface area contributed by atoms with Crippen LogP contribution in [0.5, 0.6) is 5.75 Å². The van der Waals surface area contributed by atoms with Crippen LogP contribution in [0.25, 0.3) is 11.0 Å². The van der Waals surface area contributed by atoms with Crippen molar-refractivity contribution in [1.82, 2.24) is 25.1 Å². The standard InChI is InChI=1S/C21H25FN6O3S/c1-2-32-21-25-19(27-9-11-30-12-10-27)17-13-24-28(20(17)26-21)8-7-23-18(29)14-31-16-5-3-15(22)4-6-16/h3-6,13H,2,7-12,14H2,1H3,(H,23,29). The molecule has 1 aliphatic rings. The van der Waals surface area contributed by atoms with Gasteiger partial charge in [0.05, 0.1) is 31.3 Å². The Hall–Kier alpha value is -2.92. The maximum absolute atomic E-state index is 12.9. The van der Waals surface area contributed by atoms with Gasteiger partial charge in [0.15, 0.2) is 17.4 Å². The Kier molecular flexibility index (Phi) is 7.38. The monoisotopic (exact) mass is 460 g/mol. The van der Waals surface area contributed by atoms with Crippen LogP contribution in [0.1, 0.15) is 6.92 Å². The minimum absolute atomic E-state index is 0.147. The van der Waals surface area contributed by atoms with Crippen LogP contribution in [0.15, 0.2) is 35.6 Å². The highest BCUT2D eigenvalue weighted by Gasteiger charge is 2.20. The quantitative estimate of drug-likeness (QED) is 0.383. The largest absolute Gasteiger partial charge is 0.484 e. The van der Waals surface area contributed by atoms with Crippen LogP contribution in [0, 0.1) is 5.82 Å². The number of nitrogens with zero attached hydrogens (tertiary/aromatic N) is 5. The zero-order valence-corrected chi connectivity index (χ0v) is 18.6. The van der Waals surface area contributed by atoms with Crippen molar-refractivity contribution in [3.05, 3.63) is 36.3 Å². The number of amides is 1. The van der Waals surface area contributed by atoms with Crippen LogP contribution in [0.2, 0.25) is 0 Å². The number of ether oxygens (including phenoxy) is 2. The molecule has 2 aromatic heterocycles. The van der Waals surface area contributed by atoms with E-state index in [1.165, 1.54) is 24.3 Å². The number of benzene rings is 1. The van der Waals surface area contributed by atoms with Crippen molar-refractivity contribution in [3.63, 3.8) is 0 Å². The molecule has 0 unspecified atom stereocenters. The van der Waals surface area contributed by atoms with Crippen molar-refractivity contribution < 1.29 is 18.7 Å². The lowest BCUT2D eigenvalue weighted by atomic mass is 10.3. The zero-order chi connectivity index (χ0) is 22.3. The summed E-state index contributed by atoms with van der Waals surface area (Å²) in [5, 5.41) is 8.89. The molecule has 1 saturated heterocycles. The van der Waals surface area contributed by atoms with Gasteiger partial charge in [-0.05, 0) is 30.0 Å². The van der Waals surface area contributed by atoms with Gasteiger partial charge >= 0.3 is 0 Å². The van der Waals surface area contributed by atoms with E-state index >= 15 is 0 Å². The molecule has 1 aromatic carbocycles. The average molecular weight is 461 g/mol. The molecule has 3 aromatic rings. The van der Waals surface area contributed by atoms with Crippen molar-refractivity contribution >= 4 is 34.5 Å². The fourth-order valence-corrected chi connectivity index (χ4v) is 3.89. The Morgan fingerprint density at radius 3 is 2.78 bits per heavy atom. The first-order chi connectivity index (χ1) is 15.6. The van der Waals surface area contributed by atoms with Crippen molar-refractivity contribution in [3.8, 4) is 5.75 Å². The molecule has 1 fully saturated rings. The number of anilines is 1. The number of thioether (sulfide) groups is 1. The van der Waals surface area contributed by atoms with E-state index in [4.69, 9.17) is 14.5 Å². The van der Waals surface area contributed by atoms with Gasteiger partial charge in [-0.25, -0.2) is 19.0 Å². The minimum atomic E-state index is -0.352. The van der Waals surface area contributed by atoms with Crippen LogP contribution in [0.4, 0.5) is 10.2 Å². The number of morpholine rings is 1. The summed E-state index contributed by atoms with van der Waals surface area (Å²) in [6.07, 6.45) is 1.78. The van der Waals surface area contributed by atoms with E-state index in [2.05, 4.69) is 27.2 Å². The third-order valence-corrected chi connectivity index (χ3v) is 5.60. The molecule has 1 amide bonds. The van der Waals surface area contributed by atoms with Crippen LogP contribution in [0.3, 0.4) is 0 Å². The van der Waals surface area contributed by atoms with Gasteiger partial charge in [-0.2, -0.15) is 5.10 Å². The lowest BCUT2D eigenvalue weighted by Crippen LogP contribution is -2.37. The molecule has 0 atom stereocenters. The van der Waals surface area contributed by atoms with Gasteiger partial charge in [-0.1, -0.05) is 18.7 Å². The minimum Gasteiger partial charge on any atom is -0.484 e. The molecule has 3 heterocycles. The van der Waals surface area contributed by atoms with Crippen LogP contribution < -0.4 is 15.0 Å². The number of rotatable bonds is 9. The topological polar surface area (TPSA) is 94.4 Å². The summed E-state index contributed by atoms with van der Waals surface area (Å²) in [6, 6.07) is 5.54. The maximum Gasteiger partial charge on any atom is 0.258 e. The van der Waals surface area contributed by atoms with Gasteiger partial charge in [0.2, 0.25) is 0 Å². The molecule has 11 heteroatoms. The first kappa shape index (κ1) is 22.3. The molecule has 1 aliphatic heterocycles. The Balaban J connectivity index is 1.39. The zero-order valence-electron chi connectivity index (χ0n) is 17.8. The van der Waals surface area contributed by atoms with Gasteiger partial charge in [0.25, 0.3) is 5.91 Å². The molecular weight excluding hydrogens is 435 g/mol. The Bertz CT molecular complexity index is 1060. The molecule has 0 bridgehead atoms. The summed E-state index contributed by atoms with van der Waals surface area (Å²) in [6.45, 7) is 5.63. The number of halogens is 1. The van der Waals surface area contributed by atoms with Gasteiger partial charge in [-0.3, -0.25) is 4.79 Å². The number of aromatic nitrogens is 4. The van der Waals surface area contributed by atoms with Gasteiger partial charge in [-0.15, -0.1) is 0 Å². The van der Waals surface area contributed by atoms with Crippen LogP contribution in [-0.4, -0.2) is 70.9 Å². The lowest BCUT2D eigenvalue weighted by Gasteiger charge is -2.28. The molecular formula is C21H25FN6O3S. The van der Waals surface area contributed by atoms with Gasteiger partial charge in [0, 0.05) is 19.6 Å². The number of fused-ring (bicyclic) bond motifs is 1. The Labute approximate surface area is 189 Å². The summed E-state index contributed by atoms with van der Waals surface area (Å²) in [7, 11) is 0. The van der Waals surface area contributed by atoms with E-state index in [1.54, 1.807) is 22.6 Å². The fraction of sp³-hybridized carbons (Fsp3) is 0.429. The second-order valence-electron chi connectivity index (χ2n) is 7.06. The number of hydrogen-bond donors (Lipinski definition) is 1. The summed E-state index contributed by atoms with van der Waals surface area (Å²) >= 11 is 1.58. The molecule has 0 aliphatic carbocycles. The van der Waals surface area contributed by atoms with E-state index in [0.717, 1.165) is 35.7 Å². The number of carbonyl (C=O) groups excluding carboxylic acids is 1. The fourth-order valence-electron chi connectivity index (χ4n) is 3.33. The Morgan fingerprint density at radius 2 is 2.03 bits per heavy atom. The first-order valence-electron chi connectivity index (χ1n) is 10.5. The van der Waals surface area contributed by atoms with E-state index < -0.39 is 0 Å². The summed E-state index contributed by atoms with van der Waals surface area (Å²) in [5.41, 5.74) is 0.745. The van der Waals surface area contributed by atoms with Crippen molar-refractivity contribution in [2.45, 2.75) is 18.6 Å². The summed E-state index contributed by atoms with van der Waals surface area (Å²) in [5.74, 6) is 1.56. The number of carbonyl (C=O) groups is 1. The van der Waals surface area contributed by atoms with Crippen molar-refractivity contribution in [1.29, 1.82) is 0 Å². The smallest absolute Gasteiger partial charge is 0.258 e. The number of hydrogen-bond acceptors (Lipinski definition) is 8. The molecule has 1 N–H and O–H groups in total.